The van der Waals surface area contributed by atoms with Gasteiger partial charge in [-0.05, 0) is 49.2 Å². The summed E-state index contributed by atoms with van der Waals surface area (Å²) in [7, 11) is 0. The predicted octanol–water partition coefficient (Wildman–Crippen LogP) is 4.29. The fraction of sp³-hybridized carbons (Fsp3) is 0.111. The van der Waals surface area contributed by atoms with Crippen LogP contribution in [0.25, 0.3) is 10.9 Å². The molecule has 4 heteroatoms. The number of nitrogens with one attached hydrogen (secondary N) is 1. The summed E-state index contributed by atoms with van der Waals surface area (Å²) in [5.74, 6) is -0.430. The first-order valence-electron chi connectivity index (χ1n) is 7.02. The fourth-order valence-electron chi connectivity index (χ4n) is 2.38. The quantitative estimate of drug-likeness (QED) is 0.755. The molecule has 0 aliphatic heterocycles. The highest BCUT2D eigenvalue weighted by Crippen LogP contribution is 2.24. The molecule has 1 heterocycles. The van der Waals surface area contributed by atoms with Gasteiger partial charge in [0.05, 0.1) is 11.1 Å². The Bertz CT molecular complexity index is 872. The van der Waals surface area contributed by atoms with Crippen LogP contribution in [0.1, 0.15) is 21.5 Å². The van der Waals surface area contributed by atoms with Crippen LogP contribution in [-0.4, -0.2) is 16.1 Å². The third kappa shape index (κ3) is 2.63. The van der Waals surface area contributed by atoms with Crippen LogP contribution >= 0.6 is 0 Å². The molecule has 0 bridgehead atoms. The first-order valence-corrected chi connectivity index (χ1v) is 7.02. The lowest BCUT2D eigenvalue weighted by Crippen LogP contribution is -2.02. The minimum absolute atomic E-state index is 0.247. The Labute approximate surface area is 128 Å². The number of aromatic nitrogens is 1. The van der Waals surface area contributed by atoms with Gasteiger partial charge in [-0.3, -0.25) is 0 Å². The standard InChI is InChI=1S/C18H16N2O2/c1-11-7-8-13(9-12(11)2)19-17-10-15(18(21)22)14-5-3-4-6-16(14)20-17/h3-10H,1-2H3,(H,19,20)(H,21,22). The van der Waals surface area contributed by atoms with Gasteiger partial charge >= 0.3 is 5.97 Å². The maximum atomic E-state index is 11.5. The van der Waals surface area contributed by atoms with Crippen molar-refractivity contribution in [1.82, 2.24) is 4.98 Å². The van der Waals surface area contributed by atoms with Crippen molar-refractivity contribution in [3.63, 3.8) is 0 Å². The molecule has 0 saturated heterocycles. The van der Waals surface area contributed by atoms with E-state index in [0.29, 0.717) is 16.7 Å². The van der Waals surface area contributed by atoms with E-state index in [1.54, 1.807) is 12.1 Å². The molecule has 1 aromatic heterocycles. The van der Waals surface area contributed by atoms with Crippen LogP contribution in [0.2, 0.25) is 0 Å². The van der Waals surface area contributed by atoms with Crippen molar-refractivity contribution in [2.75, 3.05) is 5.32 Å². The topological polar surface area (TPSA) is 62.2 Å². The van der Waals surface area contributed by atoms with Crippen LogP contribution in [0.5, 0.6) is 0 Å². The molecule has 0 fully saturated rings. The molecule has 4 nitrogen and oxygen atoms in total. The number of para-hydroxylation sites is 1. The highest BCUT2D eigenvalue weighted by molar-refractivity contribution is 6.03. The van der Waals surface area contributed by atoms with Crippen molar-refractivity contribution in [3.8, 4) is 0 Å². The number of pyridine rings is 1. The summed E-state index contributed by atoms with van der Waals surface area (Å²) >= 11 is 0. The first-order chi connectivity index (χ1) is 10.5. The Kier molecular flexibility index (Phi) is 3.51. The summed E-state index contributed by atoms with van der Waals surface area (Å²) < 4.78 is 0. The molecule has 3 aromatic rings. The van der Waals surface area contributed by atoms with E-state index in [0.717, 1.165) is 5.69 Å². The van der Waals surface area contributed by atoms with Gasteiger partial charge in [0.1, 0.15) is 5.82 Å². The average molecular weight is 292 g/mol. The second-order valence-electron chi connectivity index (χ2n) is 5.30. The number of carboxylic acid groups (broad SMARTS) is 1. The van der Waals surface area contributed by atoms with Crippen molar-refractivity contribution in [1.29, 1.82) is 0 Å². The summed E-state index contributed by atoms with van der Waals surface area (Å²) in [5, 5.41) is 13.2. The molecule has 110 valence electrons. The number of hydrogen-bond acceptors (Lipinski definition) is 3. The van der Waals surface area contributed by atoms with E-state index in [1.807, 2.05) is 43.3 Å². The Hall–Kier alpha value is -2.88. The molecule has 0 aliphatic carbocycles. The van der Waals surface area contributed by atoms with Crippen molar-refractivity contribution < 1.29 is 9.90 Å². The van der Waals surface area contributed by atoms with Crippen LogP contribution < -0.4 is 5.32 Å². The molecule has 0 radical (unpaired) electrons. The van der Waals surface area contributed by atoms with Gasteiger partial charge < -0.3 is 10.4 Å². The Balaban J connectivity index is 2.07. The number of nitrogens with zero attached hydrogens (tertiary/aromatic N) is 1. The van der Waals surface area contributed by atoms with E-state index < -0.39 is 5.97 Å². The van der Waals surface area contributed by atoms with Crippen LogP contribution in [-0.2, 0) is 0 Å². The van der Waals surface area contributed by atoms with E-state index in [9.17, 15) is 9.90 Å². The minimum atomic E-state index is -0.957. The summed E-state index contributed by atoms with van der Waals surface area (Å²) in [5.41, 5.74) is 4.18. The lowest BCUT2D eigenvalue weighted by molar-refractivity contribution is 0.0699. The minimum Gasteiger partial charge on any atom is -0.478 e. The molecule has 0 unspecified atom stereocenters. The zero-order chi connectivity index (χ0) is 15.7. The van der Waals surface area contributed by atoms with Crippen LogP contribution in [0, 0.1) is 13.8 Å². The average Bonchev–Trinajstić information content (AvgIpc) is 2.50. The van der Waals surface area contributed by atoms with Crippen molar-refractivity contribution >= 4 is 28.4 Å². The summed E-state index contributed by atoms with van der Waals surface area (Å²) in [6.07, 6.45) is 0. The number of carbonyl (C=O) groups is 1. The molecule has 2 N–H and O–H groups in total. The number of aryl methyl sites for hydroxylation is 2. The van der Waals surface area contributed by atoms with E-state index in [2.05, 4.69) is 17.2 Å². The lowest BCUT2D eigenvalue weighted by Gasteiger charge is -2.10. The number of hydrogen-bond donors (Lipinski definition) is 2. The summed E-state index contributed by atoms with van der Waals surface area (Å²) in [6.45, 7) is 4.09. The Morgan fingerprint density at radius 1 is 1.05 bits per heavy atom. The molecule has 2 aromatic carbocycles. The normalized spacial score (nSPS) is 10.6. The molecule has 0 spiro atoms. The maximum absolute atomic E-state index is 11.5. The van der Waals surface area contributed by atoms with Crippen LogP contribution in [0.15, 0.2) is 48.5 Å². The van der Waals surface area contributed by atoms with Gasteiger partial charge in [0, 0.05) is 11.1 Å². The van der Waals surface area contributed by atoms with E-state index in [-0.39, 0.29) is 5.56 Å². The second-order valence-corrected chi connectivity index (χ2v) is 5.30. The Morgan fingerprint density at radius 3 is 2.55 bits per heavy atom. The zero-order valence-electron chi connectivity index (χ0n) is 12.4. The van der Waals surface area contributed by atoms with Crippen molar-refractivity contribution in [2.45, 2.75) is 13.8 Å². The van der Waals surface area contributed by atoms with Crippen molar-refractivity contribution in [3.05, 3.63) is 65.2 Å². The molecule has 0 amide bonds. The van der Waals surface area contributed by atoms with Gasteiger partial charge in [-0.25, -0.2) is 9.78 Å². The number of carboxylic acids is 1. The van der Waals surface area contributed by atoms with E-state index in [4.69, 9.17) is 0 Å². The van der Waals surface area contributed by atoms with Crippen LogP contribution in [0.4, 0.5) is 11.5 Å². The second kappa shape index (κ2) is 5.48. The van der Waals surface area contributed by atoms with E-state index >= 15 is 0 Å². The highest BCUT2D eigenvalue weighted by Gasteiger charge is 2.11. The number of fused-ring (bicyclic) bond motifs is 1. The predicted molar refractivity (Wildman–Crippen MR) is 87.9 cm³/mol. The monoisotopic (exact) mass is 292 g/mol. The Morgan fingerprint density at radius 2 is 1.82 bits per heavy atom. The molecule has 0 saturated carbocycles. The maximum Gasteiger partial charge on any atom is 0.336 e. The molecular formula is C18H16N2O2. The largest absolute Gasteiger partial charge is 0.478 e. The van der Waals surface area contributed by atoms with Crippen LogP contribution in [0.3, 0.4) is 0 Å². The van der Waals surface area contributed by atoms with Gasteiger partial charge in [-0.1, -0.05) is 24.3 Å². The molecule has 0 atom stereocenters. The number of anilines is 2. The fourth-order valence-corrected chi connectivity index (χ4v) is 2.38. The highest BCUT2D eigenvalue weighted by atomic mass is 16.4. The van der Waals surface area contributed by atoms with Gasteiger partial charge in [0.15, 0.2) is 0 Å². The number of benzene rings is 2. The molecule has 0 aliphatic rings. The lowest BCUT2D eigenvalue weighted by atomic mass is 10.1. The zero-order valence-corrected chi connectivity index (χ0v) is 12.4. The smallest absolute Gasteiger partial charge is 0.336 e. The molecular weight excluding hydrogens is 276 g/mol. The van der Waals surface area contributed by atoms with Gasteiger partial charge in [0.25, 0.3) is 0 Å². The van der Waals surface area contributed by atoms with Gasteiger partial charge in [0.2, 0.25) is 0 Å². The number of aromatic carboxylic acids is 1. The van der Waals surface area contributed by atoms with Crippen molar-refractivity contribution in [2.24, 2.45) is 0 Å². The SMILES string of the molecule is Cc1ccc(Nc2cc(C(=O)O)c3ccccc3n2)cc1C. The third-order valence-electron chi connectivity index (χ3n) is 3.73. The van der Waals surface area contributed by atoms with Gasteiger partial charge in [-0.15, -0.1) is 0 Å². The summed E-state index contributed by atoms with van der Waals surface area (Å²) in [4.78, 5) is 16.0. The summed E-state index contributed by atoms with van der Waals surface area (Å²) in [6, 6.07) is 14.8. The van der Waals surface area contributed by atoms with Gasteiger partial charge in [-0.2, -0.15) is 0 Å². The first kappa shape index (κ1) is 14.1. The van der Waals surface area contributed by atoms with E-state index in [1.165, 1.54) is 11.1 Å². The third-order valence-corrected chi connectivity index (χ3v) is 3.73. The molecule has 3 rings (SSSR count). The number of rotatable bonds is 3. The molecule has 22 heavy (non-hydrogen) atoms.